The van der Waals surface area contributed by atoms with Gasteiger partial charge >= 0.3 is 11.7 Å². The van der Waals surface area contributed by atoms with Gasteiger partial charge in [-0.2, -0.15) is 0 Å². The second-order valence-electron chi connectivity index (χ2n) is 7.01. The van der Waals surface area contributed by atoms with Crippen molar-refractivity contribution < 1.29 is 19.2 Å². The summed E-state index contributed by atoms with van der Waals surface area (Å²) in [5.41, 5.74) is 0.737. The lowest BCUT2D eigenvalue weighted by molar-refractivity contribution is -0.385. The molecule has 0 spiro atoms. The van der Waals surface area contributed by atoms with Gasteiger partial charge in [0.25, 0.3) is 5.56 Å². The Hall–Kier alpha value is -3.57. The predicted octanol–water partition coefficient (Wildman–Crippen LogP) is 2.78. The first-order valence-electron chi connectivity index (χ1n) is 9.91. The third-order valence-electron chi connectivity index (χ3n) is 5.03. The van der Waals surface area contributed by atoms with Crippen LogP contribution < -0.4 is 19.6 Å². The van der Waals surface area contributed by atoms with E-state index in [0.29, 0.717) is 26.2 Å². The van der Waals surface area contributed by atoms with Crippen molar-refractivity contribution in [2.24, 2.45) is 4.99 Å². The van der Waals surface area contributed by atoms with Gasteiger partial charge < -0.3 is 9.47 Å². The van der Waals surface area contributed by atoms with Gasteiger partial charge in [0.15, 0.2) is 10.6 Å². The Bertz CT molecular complexity index is 1450. The molecule has 4 rings (SSSR count). The number of nitro benzene ring substituents is 1. The van der Waals surface area contributed by atoms with E-state index in [1.165, 1.54) is 35.1 Å². The van der Waals surface area contributed by atoms with E-state index < -0.39 is 16.9 Å². The molecule has 0 amide bonds. The minimum atomic E-state index is -0.660. The summed E-state index contributed by atoms with van der Waals surface area (Å²) in [4.78, 5) is 42.8. The van der Waals surface area contributed by atoms with Crippen molar-refractivity contribution in [3.63, 3.8) is 0 Å². The van der Waals surface area contributed by atoms with Gasteiger partial charge in [0.2, 0.25) is 0 Å². The summed E-state index contributed by atoms with van der Waals surface area (Å²) in [5.74, 6) is -0.386. The van der Waals surface area contributed by atoms with Crippen LogP contribution in [0.15, 0.2) is 56.8 Å². The highest BCUT2D eigenvalue weighted by molar-refractivity contribution is 7.10. The van der Waals surface area contributed by atoms with Crippen LogP contribution in [0.2, 0.25) is 0 Å². The SMILES string of the molecule is CCOC(=O)C1=C(C)N=c2s/c(=C\c3ccc(OC)c([N+](=O)[O-])c3)c(=O)n2[C@@H]1c1cccs1. The highest BCUT2D eigenvalue weighted by atomic mass is 32.1. The van der Waals surface area contributed by atoms with Crippen LogP contribution in [0.4, 0.5) is 5.69 Å². The number of rotatable bonds is 6. The highest BCUT2D eigenvalue weighted by Gasteiger charge is 2.33. The molecule has 0 saturated carbocycles. The zero-order chi connectivity index (χ0) is 23.7. The Morgan fingerprint density at radius 2 is 2.15 bits per heavy atom. The number of methoxy groups -OCH3 is 1. The quantitative estimate of drug-likeness (QED) is 0.301. The number of esters is 1. The normalized spacial score (nSPS) is 15.7. The summed E-state index contributed by atoms with van der Waals surface area (Å²) in [6.45, 7) is 3.64. The van der Waals surface area contributed by atoms with E-state index in [2.05, 4.69) is 4.99 Å². The van der Waals surface area contributed by atoms with E-state index in [0.717, 1.165) is 16.2 Å². The lowest BCUT2D eigenvalue weighted by atomic mass is 10.0. The number of nitro groups is 1. The Morgan fingerprint density at radius 1 is 1.36 bits per heavy atom. The van der Waals surface area contributed by atoms with Crippen LogP contribution in [0, 0.1) is 10.1 Å². The number of benzene rings is 1. The molecule has 33 heavy (non-hydrogen) atoms. The number of nitrogens with zero attached hydrogens (tertiary/aromatic N) is 3. The molecule has 0 unspecified atom stereocenters. The fraction of sp³-hybridized carbons (Fsp3) is 0.227. The number of hydrogen-bond donors (Lipinski definition) is 0. The van der Waals surface area contributed by atoms with Crippen molar-refractivity contribution in [1.29, 1.82) is 0 Å². The van der Waals surface area contributed by atoms with Gasteiger partial charge in [-0.05, 0) is 43.0 Å². The maximum Gasteiger partial charge on any atom is 0.338 e. The molecule has 3 heterocycles. The number of fused-ring (bicyclic) bond motifs is 1. The lowest BCUT2D eigenvalue weighted by Crippen LogP contribution is -2.39. The largest absolute Gasteiger partial charge is 0.490 e. The number of carbonyl (C=O) groups excluding carboxylic acids is 1. The first-order chi connectivity index (χ1) is 15.8. The van der Waals surface area contributed by atoms with E-state index in [4.69, 9.17) is 9.47 Å². The van der Waals surface area contributed by atoms with Crippen molar-refractivity contribution >= 4 is 40.4 Å². The van der Waals surface area contributed by atoms with Crippen LogP contribution >= 0.6 is 22.7 Å². The van der Waals surface area contributed by atoms with Crippen molar-refractivity contribution in [3.8, 4) is 5.75 Å². The molecule has 2 aromatic heterocycles. The molecule has 0 bridgehead atoms. The summed E-state index contributed by atoms with van der Waals surface area (Å²) in [5, 5.41) is 13.2. The van der Waals surface area contributed by atoms with Crippen molar-refractivity contribution in [2.75, 3.05) is 13.7 Å². The van der Waals surface area contributed by atoms with E-state index >= 15 is 0 Å². The summed E-state index contributed by atoms with van der Waals surface area (Å²) in [7, 11) is 1.36. The van der Waals surface area contributed by atoms with Gasteiger partial charge in [0.05, 0.1) is 34.4 Å². The molecule has 170 valence electrons. The minimum absolute atomic E-state index is 0.131. The standard InChI is InChI=1S/C22H19N3O6S2/c1-4-31-21(27)18-12(2)23-22-24(19(18)16-6-5-9-32-16)20(26)17(33-22)11-13-7-8-15(30-3)14(10-13)25(28)29/h5-11,19H,4H2,1-3H3/b17-11-/t19-/m1/s1. The van der Waals surface area contributed by atoms with Gasteiger partial charge in [-0.3, -0.25) is 19.5 Å². The third kappa shape index (κ3) is 4.12. The molecule has 11 heteroatoms. The van der Waals surface area contributed by atoms with Crippen LogP contribution in [0.3, 0.4) is 0 Å². The Labute approximate surface area is 195 Å². The van der Waals surface area contributed by atoms with E-state index in [-0.39, 0.29) is 23.6 Å². The van der Waals surface area contributed by atoms with Gasteiger partial charge in [-0.1, -0.05) is 23.5 Å². The summed E-state index contributed by atoms with van der Waals surface area (Å²) in [6.07, 6.45) is 1.57. The van der Waals surface area contributed by atoms with Crippen molar-refractivity contribution in [3.05, 3.63) is 87.2 Å². The number of aromatic nitrogens is 1. The second kappa shape index (κ2) is 9.12. The number of hydrogen-bond acceptors (Lipinski definition) is 9. The molecule has 0 radical (unpaired) electrons. The summed E-state index contributed by atoms with van der Waals surface area (Å²) < 4.78 is 12.1. The van der Waals surface area contributed by atoms with E-state index in [1.807, 2.05) is 17.5 Å². The molecular weight excluding hydrogens is 466 g/mol. The number of carbonyl (C=O) groups is 1. The van der Waals surface area contributed by atoms with Gasteiger partial charge in [0, 0.05) is 10.9 Å². The van der Waals surface area contributed by atoms with Crippen LogP contribution in [0.5, 0.6) is 5.75 Å². The number of ether oxygens (including phenoxy) is 2. The average molecular weight is 486 g/mol. The van der Waals surface area contributed by atoms with Crippen LogP contribution in [0.1, 0.15) is 30.3 Å². The van der Waals surface area contributed by atoms with Crippen molar-refractivity contribution in [2.45, 2.75) is 19.9 Å². The highest BCUT2D eigenvalue weighted by Crippen LogP contribution is 2.33. The topological polar surface area (TPSA) is 113 Å². The molecule has 0 N–H and O–H groups in total. The van der Waals surface area contributed by atoms with Crippen molar-refractivity contribution in [1.82, 2.24) is 4.57 Å². The smallest absolute Gasteiger partial charge is 0.338 e. The maximum absolute atomic E-state index is 13.5. The van der Waals surface area contributed by atoms with E-state index in [1.54, 1.807) is 26.0 Å². The van der Waals surface area contributed by atoms with Gasteiger partial charge in [-0.25, -0.2) is 9.79 Å². The van der Waals surface area contributed by atoms with Gasteiger partial charge in [0.1, 0.15) is 6.04 Å². The zero-order valence-electron chi connectivity index (χ0n) is 17.9. The number of allylic oxidation sites excluding steroid dienone is 1. The zero-order valence-corrected chi connectivity index (χ0v) is 19.6. The lowest BCUT2D eigenvalue weighted by Gasteiger charge is -2.23. The first-order valence-corrected chi connectivity index (χ1v) is 11.6. The Kier molecular flexibility index (Phi) is 6.25. The third-order valence-corrected chi connectivity index (χ3v) is 6.93. The number of thiophene rings is 1. The molecule has 0 saturated heterocycles. The molecule has 0 fully saturated rings. The fourth-order valence-electron chi connectivity index (χ4n) is 3.60. The minimum Gasteiger partial charge on any atom is -0.490 e. The summed E-state index contributed by atoms with van der Waals surface area (Å²) >= 11 is 2.59. The molecule has 0 aliphatic carbocycles. The predicted molar refractivity (Wildman–Crippen MR) is 124 cm³/mol. The maximum atomic E-state index is 13.5. The van der Waals surface area contributed by atoms with Crippen LogP contribution in [-0.2, 0) is 9.53 Å². The molecule has 1 atom stereocenters. The Balaban J connectivity index is 1.91. The molecule has 3 aromatic rings. The molecule has 1 aliphatic heterocycles. The first kappa shape index (κ1) is 22.6. The molecular formula is C22H19N3O6S2. The molecule has 1 aliphatic rings. The fourth-order valence-corrected chi connectivity index (χ4v) is 5.47. The number of thiazole rings is 1. The molecule has 9 nitrogen and oxygen atoms in total. The molecule has 1 aromatic carbocycles. The second-order valence-corrected chi connectivity index (χ2v) is 8.99. The van der Waals surface area contributed by atoms with E-state index in [9.17, 15) is 19.7 Å². The Morgan fingerprint density at radius 3 is 2.79 bits per heavy atom. The monoisotopic (exact) mass is 485 g/mol. The van der Waals surface area contributed by atoms with Gasteiger partial charge in [-0.15, -0.1) is 11.3 Å². The van der Waals surface area contributed by atoms with Crippen LogP contribution in [0.25, 0.3) is 6.08 Å². The summed E-state index contributed by atoms with van der Waals surface area (Å²) in [6, 6.07) is 7.52. The average Bonchev–Trinajstić information content (AvgIpc) is 3.41. The van der Waals surface area contributed by atoms with Crippen LogP contribution in [-0.4, -0.2) is 29.2 Å².